The van der Waals surface area contributed by atoms with Crippen LogP contribution >= 0.6 is 0 Å². The molecule has 0 unspecified atom stereocenters. The van der Waals surface area contributed by atoms with Crippen LogP contribution < -0.4 is 10.6 Å². The largest absolute Gasteiger partial charge is 0.353 e. The van der Waals surface area contributed by atoms with Gasteiger partial charge in [-0.3, -0.25) is 9.78 Å². The van der Waals surface area contributed by atoms with E-state index in [9.17, 15) is 4.79 Å². The standard InChI is InChI=1S/C13H18N4O.C2H6/c1-10-8-17(9-13(18)16-6-5-14-2)12-3-4-15-7-11(10)12;1-2/h3-4,7-8,14H,5-6,9H2,1-2H3,(H,16,18);1-2H3. The summed E-state index contributed by atoms with van der Waals surface area (Å²) in [5.41, 5.74) is 2.19. The van der Waals surface area contributed by atoms with Gasteiger partial charge in [-0.2, -0.15) is 0 Å². The fourth-order valence-corrected chi connectivity index (χ4v) is 1.98. The predicted octanol–water partition coefficient (Wildman–Crippen LogP) is 1.71. The third kappa shape index (κ3) is 4.06. The number of pyridine rings is 1. The number of rotatable bonds is 5. The number of nitrogens with zero attached hydrogens (tertiary/aromatic N) is 2. The van der Waals surface area contributed by atoms with E-state index in [1.54, 1.807) is 6.20 Å². The number of carbonyl (C=O) groups is 1. The fourth-order valence-electron chi connectivity index (χ4n) is 1.98. The number of aryl methyl sites for hydroxylation is 1. The van der Waals surface area contributed by atoms with Crippen LogP contribution in [-0.4, -0.2) is 35.6 Å². The second kappa shape index (κ2) is 8.32. The molecule has 0 spiro atoms. The van der Waals surface area contributed by atoms with Crippen LogP contribution in [0.1, 0.15) is 19.4 Å². The Morgan fingerprint density at radius 2 is 2.10 bits per heavy atom. The Balaban J connectivity index is 0.000000956. The molecule has 2 rings (SSSR count). The van der Waals surface area contributed by atoms with Gasteiger partial charge in [0.1, 0.15) is 6.54 Å². The van der Waals surface area contributed by atoms with E-state index in [1.807, 2.05) is 50.8 Å². The summed E-state index contributed by atoms with van der Waals surface area (Å²) in [6.45, 7) is 7.80. The lowest BCUT2D eigenvalue weighted by molar-refractivity contribution is -0.121. The van der Waals surface area contributed by atoms with Crippen LogP contribution in [0.4, 0.5) is 0 Å². The Labute approximate surface area is 120 Å². The minimum absolute atomic E-state index is 0.0268. The zero-order valence-electron chi connectivity index (χ0n) is 12.7. The zero-order valence-corrected chi connectivity index (χ0v) is 12.7. The first-order chi connectivity index (χ1) is 9.72. The predicted molar refractivity (Wildman–Crippen MR) is 82.8 cm³/mol. The molecule has 2 aromatic heterocycles. The third-order valence-corrected chi connectivity index (χ3v) is 2.89. The van der Waals surface area contributed by atoms with Crippen LogP contribution in [0.3, 0.4) is 0 Å². The summed E-state index contributed by atoms with van der Waals surface area (Å²) in [4.78, 5) is 15.9. The normalized spacial score (nSPS) is 10.0. The van der Waals surface area contributed by atoms with E-state index in [0.29, 0.717) is 13.1 Å². The Morgan fingerprint density at radius 1 is 1.35 bits per heavy atom. The van der Waals surface area contributed by atoms with Crippen molar-refractivity contribution in [2.24, 2.45) is 0 Å². The first kappa shape index (κ1) is 16.2. The molecule has 0 saturated carbocycles. The third-order valence-electron chi connectivity index (χ3n) is 2.89. The molecule has 0 aromatic carbocycles. The van der Waals surface area contributed by atoms with Crippen molar-refractivity contribution in [1.82, 2.24) is 20.2 Å². The molecular formula is C15H24N4O. The van der Waals surface area contributed by atoms with Crippen LogP contribution in [0, 0.1) is 6.92 Å². The molecular weight excluding hydrogens is 252 g/mol. The van der Waals surface area contributed by atoms with Gasteiger partial charge in [0, 0.05) is 37.1 Å². The molecule has 1 amide bonds. The fraction of sp³-hybridized carbons (Fsp3) is 0.467. The second-order valence-corrected chi connectivity index (χ2v) is 4.29. The maximum atomic E-state index is 11.8. The Kier molecular flexibility index (Phi) is 6.73. The molecule has 5 heteroatoms. The minimum Gasteiger partial charge on any atom is -0.353 e. The van der Waals surface area contributed by atoms with Crippen LogP contribution in [-0.2, 0) is 11.3 Å². The SMILES string of the molecule is CC.CNCCNC(=O)Cn1cc(C)c2cnccc21. The summed E-state index contributed by atoms with van der Waals surface area (Å²) in [7, 11) is 1.86. The maximum absolute atomic E-state index is 11.8. The van der Waals surface area contributed by atoms with Crippen molar-refractivity contribution >= 4 is 16.8 Å². The van der Waals surface area contributed by atoms with Gasteiger partial charge in [-0.25, -0.2) is 0 Å². The van der Waals surface area contributed by atoms with Crippen molar-refractivity contribution in [1.29, 1.82) is 0 Å². The zero-order chi connectivity index (χ0) is 15.0. The number of nitrogens with one attached hydrogen (secondary N) is 2. The molecule has 2 heterocycles. The molecule has 0 radical (unpaired) electrons. The highest BCUT2D eigenvalue weighted by Crippen LogP contribution is 2.18. The van der Waals surface area contributed by atoms with E-state index in [-0.39, 0.29) is 5.91 Å². The van der Waals surface area contributed by atoms with Gasteiger partial charge in [-0.15, -0.1) is 0 Å². The monoisotopic (exact) mass is 276 g/mol. The van der Waals surface area contributed by atoms with Gasteiger partial charge in [-0.1, -0.05) is 13.8 Å². The van der Waals surface area contributed by atoms with Crippen molar-refractivity contribution in [3.05, 3.63) is 30.2 Å². The van der Waals surface area contributed by atoms with Crippen LogP contribution in [0.15, 0.2) is 24.7 Å². The van der Waals surface area contributed by atoms with Gasteiger partial charge in [0.05, 0.1) is 5.52 Å². The van der Waals surface area contributed by atoms with Crippen molar-refractivity contribution < 1.29 is 4.79 Å². The average Bonchev–Trinajstić information content (AvgIpc) is 2.78. The highest BCUT2D eigenvalue weighted by atomic mass is 16.1. The highest BCUT2D eigenvalue weighted by Gasteiger charge is 2.08. The van der Waals surface area contributed by atoms with Gasteiger partial charge in [0.15, 0.2) is 0 Å². The van der Waals surface area contributed by atoms with Gasteiger partial charge < -0.3 is 15.2 Å². The number of aromatic nitrogens is 2. The van der Waals surface area contributed by atoms with E-state index in [4.69, 9.17) is 0 Å². The van der Waals surface area contributed by atoms with Crippen molar-refractivity contribution in [2.75, 3.05) is 20.1 Å². The molecule has 2 N–H and O–H groups in total. The van der Waals surface area contributed by atoms with Crippen LogP contribution in [0.25, 0.3) is 10.9 Å². The van der Waals surface area contributed by atoms with Crippen LogP contribution in [0.2, 0.25) is 0 Å². The number of fused-ring (bicyclic) bond motifs is 1. The molecule has 0 fully saturated rings. The van der Waals surface area contributed by atoms with E-state index in [0.717, 1.165) is 23.0 Å². The molecule has 2 aromatic rings. The topological polar surface area (TPSA) is 58.9 Å². The number of hydrogen-bond donors (Lipinski definition) is 2. The quantitative estimate of drug-likeness (QED) is 0.817. The number of amides is 1. The van der Waals surface area contributed by atoms with Gasteiger partial charge in [0.25, 0.3) is 0 Å². The van der Waals surface area contributed by atoms with E-state index < -0.39 is 0 Å². The number of likely N-dealkylation sites (N-methyl/N-ethyl adjacent to an activating group) is 1. The minimum atomic E-state index is 0.0268. The van der Waals surface area contributed by atoms with E-state index in [1.165, 1.54) is 0 Å². The summed E-state index contributed by atoms with van der Waals surface area (Å²) < 4.78 is 1.96. The number of carbonyl (C=O) groups excluding carboxylic acids is 1. The van der Waals surface area contributed by atoms with Crippen molar-refractivity contribution in [2.45, 2.75) is 27.3 Å². The molecule has 0 saturated heterocycles. The second-order valence-electron chi connectivity index (χ2n) is 4.29. The van der Waals surface area contributed by atoms with Gasteiger partial charge >= 0.3 is 0 Å². The lowest BCUT2D eigenvalue weighted by Gasteiger charge is -2.06. The lowest BCUT2D eigenvalue weighted by Crippen LogP contribution is -2.32. The Morgan fingerprint density at radius 3 is 2.80 bits per heavy atom. The molecule has 0 bridgehead atoms. The Bertz CT molecular complexity index is 548. The van der Waals surface area contributed by atoms with Gasteiger partial charge in [0.2, 0.25) is 5.91 Å². The smallest absolute Gasteiger partial charge is 0.239 e. The van der Waals surface area contributed by atoms with Crippen molar-refractivity contribution in [3.63, 3.8) is 0 Å². The molecule has 0 aliphatic carbocycles. The highest BCUT2D eigenvalue weighted by molar-refractivity contribution is 5.85. The average molecular weight is 276 g/mol. The first-order valence-electron chi connectivity index (χ1n) is 7.03. The number of hydrogen-bond acceptors (Lipinski definition) is 3. The van der Waals surface area contributed by atoms with E-state index >= 15 is 0 Å². The summed E-state index contributed by atoms with van der Waals surface area (Å²) in [5.74, 6) is 0.0268. The lowest BCUT2D eigenvalue weighted by atomic mass is 10.2. The molecule has 20 heavy (non-hydrogen) atoms. The molecule has 5 nitrogen and oxygen atoms in total. The first-order valence-corrected chi connectivity index (χ1v) is 7.03. The molecule has 0 atom stereocenters. The van der Waals surface area contributed by atoms with E-state index in [2.05, 4.69) is 15.6 Å². The van der Waals surface area contributed by atoms with Crippen LogP contribution in [0.5, 0.6) is 0 Å². The summed E-state index contributed by atoms with van der Waals surface area (Å²) in [5, 5.41) is 6.96. The van der Waals surface area contributed by atoms with Gasteiger partial charge in [-0.05, 0) is 25.6 Å². The molecule has 0 aliphatic rings. The summed E-state index contributed by atoms with van der Waals surface area (Å²) in [6.07, 6.45) is 5.57. The summed E-state index contributed by atoms with van der Waals surface area (Å²) >= 11 is 0. The summed E-state index contributed by atoms with van der Waals surface area (Å²) in [6, 6.07) is 1.93. The molecule has 0 aliphatic heterocycles. The Hall–Kier alpha value is -1.88. The van der Waals surface area contributed by atoms with Crippen molar-refractivity contribution in [3.8, 4) is 0 Å². The maximum Gasteiger partial charge on any atom is 0.239 e. The molecule has 110 valence electrons.